The SMILES string of the molecule is CNc1ccc(-c2cnc(Nc3ccc(OC4CC4)cn3)cc2C)c2c1C(=O)NC2. The number of amides is 1. The van der Waals surface area contributed by atoms with Crippen LogP contribution in [0.5, 0.6) is 5.75 Å². The smallest absolute Gasteiger partial charge is 0.254 e. The molecule has 0 unspecified atom stereocenters. The van der Waals surface area contributed by atoms with Gasteiger partial charge >= 0.3 is 0 Å². The maximum absolute atomic E-state index is 12.3. The second-order valence-electron chi connectivity index (χ2n) is 7.65. The van der Waals surface area contributed by atoms with E-state index in [2.05, 4.69) is 25.9 Å². The molecule has 152 valence electrons. The van der Waals surface area contributed by atoms with Crippen LogP contribution in [0.25, 0.3) is 11.1 Å². The fraction of sp³-hybridized carbons (Fsp3) is 0.261. The molecule has 3 heterocycles. The number of aryl methyl sites for hydroxylation is 1. The summed E-state index contributed by atoms with van der Waals surface area (Å²) in [7, 11) is 1.83. The summed E-state index contributed by atoms with van der Waals surface area (Å²) in [5.74, 6) is 2.19. The Kier molecular flexibility index (Phi) is 4.50. The van der Waals surface area contributed by atoms with E-state index in [1.807, 2.05) is 50.5 Å². The second-order valence-corrected chi connectivity index (χ2v) is 7.65. The van der Waals surface area contributed by atoms with Crippen molar-refractivity contribution in [2.45, 2.75) is 32.4 Å². The first-order valence-electron chi connectivity index (χ1n) is 10.1. The summed E-state index contributed by atoms with van der Waals surface area (Å²) in [5, 5.41) is 9.27. The van der Waals surface area contributed by atoms with E-state index >= 15 is 0 Å². The largest absolute Gasteiger partial charge is 0.489 e. The third-order valence-corrected chi connectivity index (χ3v) is 5.46. The molecule has 7 nitrogen and oxygen atoms in total. The monoisotopic (exact) mass is 401 g/mol. The van der Waals surface area contributed by atoms with Gasteiger partial charge in [0.1, 0.15) is 17.4 Å². The Morgan fingerprint density at radius 3 is 2.60 bits per heavy atom. The summed E-state index contributed by atoms with van der Waals surface area (Å²) < 4.78 is 5.74. The van der Waals surface area contributed by atoms with Crippen LogP contribution in [0.3, 0.4) is 0 Å². The van der Waals surface area contributed by atoms with E-state index in [1.165, 1.54) is 0 Å². The molecular formula is C23H23N5O2. The number of rotatable bonds is 6. The Bertz CT molecular complexity index is 1120. The molecular weight excluding hydrogens is 378 g/mol. The number of carbonyl (C=O) groups excluding carboxylic acids is 1. The molecule has 3 N–H and O–H groups in total. The summed E-state index contributed by atoms with van der Waals surface area (Å²) in [6.07, 6.45) is 6.19. The van der Waals surface area contributed by atoms with Crippen LogP contribution in [-0.4, -0.2) is 29.0 Å². The molecule has 5 rings (SSSR count). The Labute approximate surface area is 174 Å². The standard InChI is InChI=1S/C23H23N5O2/c1-13-9-21(28-20-8-5-15(10-25-20)30-14-3-4-14)26-11-17(13)16-6-7-19(24-2)22-18(16)12-27-23(22)29/h5-11,14,24H,3-4,12H2,1-2H3,(H,27,29)(H,25,26,28). The number of aromatic nitrogens is 2. The van der Waals surface area contributed by atoms with Gasteiger partial charge in [-0.25, -0.2) is 9.97 Å². The van der Waals surface area contributed by atoms with Gasteiger partial charge in [-0.1, -0.05) is 6.07 Å². The fourth-order valence-corrected chi connectivity index (χ4v) is 3.75. The van der Waals surface area contributed by atoms with Gasteiger partial charge in [-0.2, -0.15) is 0 Å². The molecule has 0 radical (unpaired) electrons. The Morgan fingerprint density at radius 2 is 1.90 bits per heavy atom. The number of pyridine rings is 2. The molecule has 1 aromatic carbocycles. The van der Waals surface area contributed by atoms with E-state index in [4.69, 9.17) is 4.74 Å². The number of carbonyl (C=O) groups is 1. The first-order valence-corrected chi connectivity index (χ1v) is 10.1. The predicted molar refractivity (Wildman–Crippen MR) is 116 cm³/mol. The third kappa shape index (κ3) is 3.43. The number of nitrogens with one attached hydrogen (secondary N) is 3. The number of fused-ring (bicyclic) bond motifs is 1. The van der Waals surface area contributed by atoms with E-state index < -0.39 is 0 Å². The number of hydrogen-bond donors (Lipinski definition) is 3. The highest BCUT2D eigenvalue weighted by atomic mass is 16.5. The van der Waals surface area contributed by atoms with Gasteiger partial charge in [-0.15, -0.1) is 0 Å². The highest BCUT2D eigenvalue weighted by Crippen LogP contribution is 2.35. The summed E-state index contributed by atoms with van der Waals surface area (Å²) in [4.78, 5) is 21.3. The maximum atomic E-state index is 12.3. The zero-order chi connectivity index (χ0) is 20.7. The molecule has 7 heteroatoms. The molecule has 3 aromatic rings. The quantitative estimate of drug-likeness (QED) is 0.578. The molecule has 1 fully saturated rings. The molecule has 1 saturated carbocycles. The highest BCUT2D eigenvalue weighted by molar-refractivity contribution is 6.05. The predicted octanol–water partition coefficient (Wildman–Crippen LogP) is 4.02. The minimum absolute atomic E-state index is 0.0414. The lowest BCUT2D eigenvalue weighted by molar-refractivity contribution is 0.0966. The number of anilines is 3. The first-order chi connectivity index (χ1) is 14.6. The fourth-order valence-electron chi connectivity index (χ4n) is 3.75. The van der Waals surface area contributed by atoms with E-state index in [9.17, 15) is 4.79 Å². The van der Waals surface area contributed by atoms with Crippen LogP contribution in [0, 0.1) is 6.92 Å². The van der Waals surface area contributed by atoms with Gasteiger partial charge in [0.15, 0.2) is 0 Å². The van der Waals surface area contributed by atoms with Crippen molar-refractivity contribution in [3.8, 4) is 16.9 Å². The van der Waals surface area contributed by atoms with Gasteiger partial charge in [-0.3, -0.25) is 4.79 Å². The van der Waals surface area contributed by atoms with Crippen LogP contribution in [-0.2, 0) is 6.54 Å². The Hall–Kier alpha value is -3.61. The molecule has 2 aromatic heterocycles. The van der Waals surface area contributed by atoms with E-state index in [0.29, 0.717) is 24.0 Å². The number of hydrogen-bond acceptors (Lipinski definition) is 6. The molecule has 0 atom stereocenters. The number of nitrogens with zero attached hydrogens (tertiary/aromatic N) is 2. The second kappa shape index (κ2) is 7.33. The maximum Gasteiger partial charge on any atom is 0.254 e. The van der Waals surface area contributed by atoms with Crippen LogP contribution in [0.1, 0.15) is 34.3 Å². The lowest BCUT2D eigenvalue weighted by atomic mass is 9.94. The summed E-state index contributed by atoms with van der Waals surface area (Å²) in [5.41, 5.74) is 5.67. The molecule has 1 amide bonds. The zero-order valence-corrected chi connectivity index (χ0v) is 17.0. The van der Waals surface area contributed by atoms with Gasteiger partial charge in [0.05, 0.1) is 17.9 Å². The highest BCUT2D eigenvalue weighted by Gasteiger charge is 2.26. The van der Waals surface area contributed by atoms with Crippen molar-refractivity contribution in [3.05, 3.63) is 59.4 Å². The van der Waals surface area contributed by atoms with Crippen LogP contribution in [0.15, 0.2) is 42.7 Å². The van der Waals surface area contributed by atoms with Crippen molar-refractivity contribution in [2.24, 2.45) is 0 Å². The Balaban J connectivity index is 1.39. The van der Waals surface area contributed by atoms with Crippen molar-refractivity contribution in [3.63, 3.8) is 0 Å². The van der Waals surface area contributed by atoms with Crippen molar-refractivity contribution in [1.29, 1.82) is 0 Å². The van der Waals surface area contributed by atoms with Crippen molar-refractivity contribution >= 4 is 23.2 Å². The van der Waals surface area contributed by atoms with Crippen molar-refractivity contribution < 1.29 is 9.53 Å². The van der Waals surface area contributed by atoms with Gasteiger partial charge < -0.3 is 20.7 Å². The van der Waals surface area contributed by atoms with Gasteiger partial charge in [0.25, 0.3) is 5.91 Å². The number of benzene rings is 1. The molecule has 1 aliphatic carbocycles. The summed E-state index contributed by atoms with van der Waals surface area (Å²) >= 11 is 0. The average Bonchev–Trinajstić information content (AvgIpc) is 3.49. The van der Waals surface area contributed by atoms with Gasteiger partial charge in [0.2, 0.25) is 0 Å². The summed E-state index contributed by atoms with van der Waals surface area (Å²) in [6.45, 7) is 2.57. The first kappa shape index (κ1) is 18.4. The lowest BCUT2D eigenvalue weighted by Gasteiger charge is -2.14. The van der Waals surface area contributed by atoms with Gasteiger partial charge in [0, 0.05) is 31.0 Å². The van der Waals surface area contributed by atoms with E-state index in [1.54, 1.807) is 6.20 Å². The van der Waals surface area contributed by atoms with Crippen LogP contribution >= 0.6 is 0 Å². The lowest BCUT2D eigenvalue weighted by Crippen LogP contribution is -2.13. The third-order valence-electron chi connectivity index (χ3n) is 5.46. The molecule has 0 spiro atoms. The average molecular weight is 401 g/mol. The molecule has 30 heavy (non-hydrogen) atoms. The Morgan fingerprint density at radius 1 is 1.07 bits per heavy atom. The topological polar surface area (TPSA) is 88.2 Å². The summed E-state index contributed by atoms with van der Waals surface area (Å²) in [6, 6.07) is 9.80. The molecule has 2 aliphatic rings. The molecule has 1 aliphatic heterocycles. The minimum atomic E-state index is -0.0414. The van der Waals surface area contributed by atoms with Crippen LogP contribution < -0.4 is 20.7 Å². The van der Waals surface area contributed by atoms with Crippen molar-refractivity contribution in [1.82, 2.24) is 15.3 Å². The zero-order valence-electron chi connectivity index (χ0n) is 17.0. The normalized spacial score (nSPS) is 14.8. The van der Waals surface area contributed by atoms with Gasteiger partial charge in [-0.05, 0) is 60.7 Å². The van der Waals surface area contributed by atoms with Crippen LogP contribution in [0.4, 0.5) is 17.3 Å². The molecule has 0 saturated heterocycles. The van der Waals surface area contributed by atoms with Crippen molar-refractivity contribution in [2.75, 3.05) is 17.7 Å². The number of ether oxygens (including phenoxy) is 1. The van der Waals surface area contributed by atoms with E-state index in [0.717, 1.165) is 52.4 Å². The van der Waals surface area contributed by atoms with E-state index in [-0.39, 0.29) is 5.91 Å². The minimum Gasteiger partial charge on any atom is -0.489 e. The molecule has 0 bridgehead atoms. The van der Waals surface area contributed by atoms with Crippen LogP contribution in [0.2, 0.25) is 0 Å².